The van der Waals surface area contributed by atoms with Crippen LogP contribution in [0.2, 0.25) is 0 Å². The third kappa shape index (κ3) is 3.99. The average molecular weight is 466 g/mol. The number of hydrogen-bond donors (Lipinski definition) is 1. The second kappa shape index (κ2) is 7.60. The fourth-order valence-electron chi connectivity index (χ4n) is 2.40. The Morgan fingerprint density at radius 1 is 1.29 bits per heavy atom. The minimum Gasteiger partial charge on any atom is -0.435 e. The van der Waals surface area contributed by atoms with Gasteiger partial charge in [0.15, 0.2) is 16.5 Å². The summed E-state index contributed by atoms with van der Waals surface area (Å²) < 4.78 is 31.0. The van der Waals surface area contributed by atoms with Crippen LogP contribution in [0.25, 0.3) is 16.9 Å². The van der Waals surface area contributed by atoms with Gasteiger partial charge in [0, 0.05) is 29.4 Å². The third-order valence-electron chi connectivity index (χ3n) is 3.61. The van der Waals surface area contributed by atoms with Gasteiger partial charge < -0.3 is 4.74 Å². The van der Waals surface area contributed by atoms with E-state index in [1.165, 1.54) is 28.0 Å². The average Bonchev–Trinajstić information content (AvgIpc) is 3.28. The van der Waals surface area contributed by atoms with E-state index in [2.05, 4.69) is 41.1 Å². The lowest BCUT2D eigenvalue weighted by molar-refractivity contribution is -0.0498. The number of halogens is 3. The number of benzene rings is 1. The van der Waals surface area contributed by atoms with Gasteiger partial charge in [-0.05, 0) is 40.2 Å². The van der Waals surface area contributed by atoms with Gasteiger partial charge in [0.1, 0.15) is 5.75 Å². The Labute approximate surface area is 169 Å². The summed E-state index contributed by atoms with van der Waals surface area (Å²) in [5.74, 6) is -0.349. The van der Waals surface area contributed by atoms with Gasteiger partial charge >= 0.3 is 6.61 Å². The van der Waals surface area contributed by atoms with Gasteiger partial charge in [0.05, 0.1) is 10.2 Å². The fourth-order valence-corrected chi connectivity index (χ4v) is 3.41. The molecule has 0 saturated heterocycles. The SMILES string of the molecule is O=C(Nc1nc(-c2ccc(OC(F)F)cc2)cs1)c1cc2ncc(Br)cn2n1. The van der Waals surface area contributed by atoms with Crippen molar-refractivity contribution in [2.24, 2.45) is 0 Å². The van der Waals surface area contributed by atoms with Gasteiger partial charge in [0.25, 0.3) is 5.91 Å². The third-order valence-corrected chi connectivity index (χ3v) is 4.78. The normalized spacial score (nSPS) is 11.1. The number of nitrogens with zero attached hydrogens (tertiary/aromatic N) is 4. The van der Waals surface area contributed by atoms with Crippen LogP contribution in [0.4, 0.5) is 13.9 Å². The van der Waals surface area contributed by atoms with Crippen molar-refractivity contribution >= 4 is 44.0 Å². The number of hydrogen-bond acceptors (Lipinski definition) is 6. The number of rotatable bonds is 5. The minimum absolute atomic E-state index is 0.0644. The topological polar surface area (TPSA) is 81.4 Å². The lowest BCUT2D eigenvalue weighted by Gasteiger charge is -2.04. The highest BCUT2D eigenvalue weighted by molar-refractivity contribution is 9.10. The Kier molecular flexibility index (Phi) is 5.01. The van der Waals surface area contributed by atoms with Crippen LogP contribution >= 0.6 is 27.3 Å². The zero-order valence-electron chi connectivity index (χ0n) is 13.8. The molecule has 28 heavy (non-hydrogen) atoms. The number of amides is 1. The lowest BCUT2D eigenvalue weighted by atomic mass is 10.2. The first-order valence-electron chi connectivity index (χ1n) is 7.81. The molecule has 1 N–H and O–H groups in total. The number of alkyl halides is 2. The smallest absolute Gasteiger partial charge is 0.387 e. The van der Waals surface area contributed by atoms with E-state index in [4.69, 9.17) is 0 Å². The standard InChI is InChI=1S/C17H10BrF2N5O2S/c18-10-6-21-14-5-12(24-25(14)7-10)15(26)23-17-22-13(8-28-17)9-1-3-11(4-2-9)27-16(19)20/h1-8,16H,(H,22,23,26). The Morgan fingerprint density at radius 3 is 2.82 bits per heavy atom. The largest absolute Gasteiger partial charge is 0.435 e. The van der Waals surface area contributed by atoms with Crippen molar-refractivity contribution < 1.29 is 18.3 Å². The first kappa shape index (κ1) is 18.4. The number of carbonyl (C=O) groups is 1. The van der Waals surface area contributed by atoms with E-state index < -0.39 is 12.5 Å². The highest BCUT2D eigenvalue weighted by Crippen LogP contribution is 2.27. The monoisotopic (exact) mass is 465 g/mol. The molecule has 0 bridgehead atoms. The van der Waals surface area contributed by atoms with Crippen molar-refractivity contribution in [1.29, 1.82) is 0 Å². The van der Waals surface area contributed by atoms with E-state index in [1.807, 2.05) is 0 Å². The molecule has 0 unspecified atom stereocenters. The van der Waals surface area contributed by atoms with Crippen LogP contribution in [-0.4, -0.2) is 32.1 Å². The van der Waals surface area contributed by atoms with Crippen LogP contribution < -0.4 is 10.1 Å². The quantitative estimate of drug-likeness (QED) is 0.470. The molecule has 0 spiro atoms. The van der Waals surface area contributed by atoms with Crippen molar-refractivity contribution in [3.05, 3.63) is 58.3 Å². The molecular weight excluding hydrogens is 456 g/mol. The van der Waals surface area contributed by atoms with E-state index in [9.17, 15) is 13.6 Å². The van der Waals surface area contributed by atoms with Gasteiger partial charge in [-0.15, -0.1) is 11.3 Å². The maximum absolute atomic E-state index is 12.4. The maximum Gasteiger partial charge on any atom is 0.387 e. The molecule has 0 aliphatic heterocycles. The molecule has 0 atom stereocenters. The molecule has 1 aromatic carbocycles. The summed E-state index contributed by atoms with van der Waals surface area (Å²) in [6.45, 7) is -2.87. The summed E-state index contributed by atoms with van der Waals surface area (Å²) in [7, 11) is 0. The fraction of sp³-hybridized carbons (Fsp3) is 0.0588. The predicted molar refractivity (Wildman–Crippen MR) is 103 cm³/mol. The molecule has 1 amide bonds. The molecule has 4 rings (SSSR count). The van der Waals surface area contributed by atoms with Gasteiger partial charge in [-0.25, -0.2) is 14.5 Å². The molecule has 0 aliphatic rings. The Hall–Kier alpha value is -2.92. The summed E-state index contributed by atoms with van der Waals surface area (Å²) in [6.07, 6.45) is 3.31. The molecule has 0 fully saturated rings. The molecule has 4 aromatic rings. The Balaban J connectivity index is 1.48. The van der Waals surface area contributed by atoms with Crippen LogP contribution in [0, 0.1) is 0 Å². The highest BCUT2D eigenvalue weighted by Gasteiger charge is 2.14. The zero-order valence-corrected chi connectivity index (χ0v) is 16.2. The molecule has 7 nitrogen and oxygen atoms in total. The predicted octanol–water partition coefficient (Wildman–Crippen LogP) is 4.47. The van der Waals surface area contributed by atoms with Crippen molar-refractivity contribution in [3.63, 3.8) is 0 Å². The summed E-state index contributed by atoms with van der Waals surface area (Å²) in [4.78, 5) is 20.9. The molecular formula is C17H10BrF2N5O2S. The number of aromatic nitrogens is 4. The van der Waals surface area contributed by atoms with Gasteiger partial charge in [-0.3, -0.25) is 10.1 Å². The summed E-state index contributed by atoms with van der Waals surface area (Å²) >= 11 is 4.54. The second-order valence-electron chi connectivity index (χ2n) is 5.50. The molecule has 0 radical (unpaired) electrons. The van der Waals surface area contributed by atoms with Crippen molar-refractivity contribution in [2.75, 3.05) is 5.32 Å². The van der Waals surface area contributed by atoms with E-state index >= 15 is 0 Å². The van der Waals surface area contributed by atoms with Crippen LogP contribution in [-0.2, 0) is 0 Å². The second-order valence-corrected chi connectivity index (χ2v) is 7.27. The number of anilines is 1. The molecule has 0 aliphatic carbocycles. The van der Waals surface area contributed by atoms with Crippen LogP contribution in [0.3, 0.4) is 0 Å². The molecule has 142 valence electrons. The summed E-state index contributed by atoms with van der Waals surface area (Å²) in [5, 5.41) is 9.01. The first-order chi connectivity index (χ1) is 13.5. The Bertz CT molecular complexity index is 1150. The first-order valence-corrected chi connectivity index (χ1v) is 9.48. The maximum atomic E-state index is 12.4. The summed E-state index contributed by atoms with van der Waals surface area (Å²) in [5.41, 5.74) is 2.06. The van der Waals surface area contributed by atoms with Crippen LogP contribution in [0.5, 0.6) is 5.75 Å². The highest BCUT2D eigenvalue weighted by atomic mass is 79.9. The van der Waals surface area contributed by atoms with E-state index in [-0.39, 0.29) is 11.4 Å². The number of fused-ring (bicyclic) bond motifs is 1. The Morgan fingerprint density at radius 2 is 2.07 bits per heavy atom. The molecule has 3 heterocycles. The number of carbonyl (C=O) groups excluding carboxylic acids is 1. The van der Waals surface area contributed by atoms with Crippen LogP contribution in [0.15, 0.2) is 52.6 Å². The van der Waals surface area contributed by atoms with Crippen LogP contribution in [0.1, 0.15) is 10.5 Å². The molecule has 0 saturated carbocycles. The zero-order chi connectivity index (χ0) is 19.7. The van der Waals surface area contributed by atoms with E-state index in [0.717, 1.165) is 4.47 Å². The van der Waals surface area contributed by atoms with Gasteiger partial charge in [-0.2, -0.15) is 13.9 Å². The van der Waals surface area contributed by atoms with E-state index in [1.54, 1.807) is 36.0 Å². The minimum atomic E-state index is -2.87. The number of thiazole rings is 1. The van der Waals surface area contributed by atoms with Crippen molar-refractivity contribution in [3.8, 4) is 17.0 Å². The summed E-state index contributed by atoms with van der Waals surface area (Å²) in [6, 6.07) is 7.66. The molecule has 11 heteroatoms. The van der Waals surface area contributed by atoms with Crippen molar-refractivity contribution in [1.82, 2.24) is 19.6 Å². The number of ether oxygens (including phenoxy) is 1. The van der Waals surface area contributed by atoms with E-state index in [0.29, 0.717) is 22.0 Å². The van der Waals surface area contributed by atoms with Gasteiger partial charge in [-0.1, -0.05) is 0 Å². The molecule has 3 aromatic heterocycles. The van der Waals surface area contributed by atoms with Gasteiger partial charge in [0.2, 0.25) is 0 Å². The van der Waals surface area contributed by atoms with Crippen molar-refractivity contribution in [2.45, 2.75) is 6.61 Å². The number of nitrogens with one attached hydrogen (secondary N) is 1. The lowest BCUT2D eigenvalue weighted by Crippen LogP contribution is -2.12.